The molecule has 6 heteroatoms. The Morgan fingerprint density at radius 1 is 1.19 bits per heavy atom. The van der Waals surface area contributed by atoms with Crippen LogP contribution in [-0.2, 0) is 6.54 Å². The Labute approximate surface area is 159 Å². The van der Waals surface area contributed by atoms with E-state index in [-0.39, 0.29) is 0 Å². The Balaban J connectivity index is 1.63. The first-order valence-electron chi connectivity index (χ1n) is 10.3. The Bertz CT molecular complexity index is 542. The van der Waals surface area contributed by atoms with Gasteiger partial charge in [-0.25, -0.2) is 0 Å². The highest BCUT2D eigenvalue weighted by Gasteiger charge is 2.14. The molecule has 0 spiro atoms. The van der Waals surface area contributed by atoms with Crippen molar-refractivity contribution in [1.29, 1.82) is 0 Å². The van der Waals surface area contributed by atoms with Crippen LogP contribution in [0.4, 0.5) is 0 Å². The Hall–Kier alpha value is -1.56. The van der Waals surface area contributed by atoms with Gasteiger partial charge in [0.25, 0.3) is 0 Å². The maximum Gasteiger partial charge on any atom is 0.191 e. The van der Waals surface area contributed by atoms with Crippen molar-refractivity contribution in [2.75, 3.05) is 39.3 Å². The predicted molar refractivity (Wildman–Crippen MR) is 110 cm³/mol. The molecule has 0 unspecified atom stereocenters. The highest BCUT2D eigenvalue weighted by atomic mass is 15.3. The lowest BCUT2D eigenvalue weighted by atomic mass is 9.99. The molecule has 0 aliphatic carbocycles. The molecule has 2 rings (SSSR count). The average molecular weight is 363 g/mol. The zero-order chi connectivity index (χ0) is 18.8. The molecule has 0 atom stereocenters. The van der Waals surface area contributed by atoms with E-state index in [4.69, 9.17) is 4.99 Å². The predicted octanol–water partition coefficient (Wildman–Crippen LogP) is 2.57. The van der Waals surface area contributed by atoms with E-state index in [0.717, 1.165) is 50.2 Å². The third-order valence-corrected chi connectivity index (χ3v) is 5.07. The van der Waals surface area contributed by atoms with E-state index in [9.17, 15) is 0 Å². The van der Waals surface area contributed by atoms with Crippen molar-refractivity contribution in [3.8, 4) is 0 Å². The summed E-state index contributed by atoms with van der Waals surface area (Å²) < 4.78 is 2.07. The standard InChI is InChI=1S/C20H38N6/c1-5-21-20(22-10-6-12-25-14-8-17(2)9-15-25)23-11-7-13-26-19(4)16-18(3)24-26/h16-17H,5-15H2,1-4H3,(H2,21,22,23). The van der Waals surface area contributed by atoms with Gasteiger partial charge in [-0.2, -0.15) is 5.10 Å². The molecule has 0 bridgehead atoms. The first kappa shape index (κ1) is 20.7. The van der Waals surface area contributed by atoms with Gasteiger partial charge in [0.05, 0.1) is 5.69 Å². The summed E-state index contributed by atoms with van der Waals surface area (Å²) in [4.78, 5) is 7.30. The van der Waals surface area contributed by atoms with Gasteiger partial charge < -0.3 is 15.5 Å². The number of nitrogens with zero attached hydrogens (tertiary/aromatic N) is 4. The number of nitrogens with one attached hydrogen (secondary N) is 2. The molecule has 148 valence electrons. The van der Waals surface area contributed by atoms with Gasteiger partial charge in [-0.3, -0.25) is 9.67 Å². The van der Waals surface area contributed by atoms with E-state index in [1.165, 1.54) is 44.6 Å². The molecule has 0 aromatic carbocycles. The van der Waals surface area contributed by atoms with Crippen LogP contribution in [0.3, 0.4) is 0 Å². The molecule has 1 saturated heterocycles. The van der Waals surface area contributed by atoms with Crippen LogP contribution in [0.5, 0.6) is 0 Å². The number of aryl methyl sites for hydroxylation is 3. The van der Waals surface area contributed by atoms with Crippen molar-refractivity contribution in [2.24, 2.45) is 10.9 Å². The molecule has 26 heavy (non-hydrogen) atoms. The summed E-state index contributed by atoms with van der Waals surface area (Å²) in [6.07, 6.45) is 4.88. The van der Waals surface area contributed by atoms with Gasteiger partial charge in [0.2, 0.25) is 0 Å². The third kappa shape index (κ3) is 7.36. The summed E-state index contributed by atoms with van der Waals surface area (Å²) in [5.74, 6) is 1.85. The zero-order valence-electron chi connectivity index (χ0n) is 17.2. The number of likely N-dealkylation sites (tertiary alicyclic amines) is 1. The molecular formula is C20H38N6. The molecule has 1 aromatic heterocycles. The summed E-state index contributed by atoms with van der Waals surface area (Å²) in [6.45, 7) is 16.0. The number of rotatable bonds is 9. The Kier molecular flexibility index (Phi) is 8.95. The van der Waals surface area contributed by atoms with Crippen LogP contribution in [-0.4, -0.2) is 59.9 Å². The van der Waals surface area contributed by atoms with Crippen molar-refractivity contribution in [3.05, 3.63) is 17.5 Å². The normalized spacial score (nSPS) is 16.8. The number of guanidine groups is 1. The second-order valence-electron chi connectivity index (χ2n) is 7.57. The van der Waals surface area contributed by atoms with E-state index < -0.39 is 0 Å². The van der Waals surface area contributed by atoms with Crippen LogP contribution in [0.1, 0.15) is 50.9 Å². The summed E-state index contributed by atoms with van der Waals surface area (Å²) in [5, 5.41) is 11.3. The van der Waals surface area contributed by atoms with Gasteiger partial charge >= 0.3 is 0 Å². The minimum atomic E-state index is 0.817. The quantitative estimate of drug-likeness (QED) is 0.403. The second-order valence-corrected chi connectivity index (χ2v) is 7.57. The fourth-order valence-electron chi connectivity index (χ4n) is 3.45. The molecule has 1 aliphatic rings. The molecule has 2 N–H and O–H groups in total. The highest BCUT2D eigenvalue weighted by Crippen LogP contribution is 2.15. The number of hydrogen-bond donors (Lipinski definition) is 2. The zero-order valence-corrected chi connectivity index (χ0v) is 17.2. The van der Waals surface area contributed by atoms with Gasteiger partial charge in [-0.05, 0) is 78.1 Å². The fraction of sp³-hybridized carbons (Fsp3) is 0.800. The number of piperidine rings is 1. The molecule has 2 heterocycles. The lowest BCUT2D eigenvalue weighted by Gasteiger charge is -2.30. The first-order valence-corrected chi connectivity index (χ1v) is 10.3. The smallest absolute Gasteiger partial charge is 0.191 e. The molecule has 1 fully saturated rings. The number of aliphatic imine (C=N–C) groups is 1. The summed E-state index contributed by atoms with van der Waals surface area (Å²) in [5.41, 5.74) is 2.31. The lowest BCUT2D eigenvalue weighted by molar-refractivity contribution is 0.191. The first-order chi connectivity index (χ1) is 12.6. The second kappa shape index (κ2) is 11.2. The lowest BCUT2D eigenvalue weighted by Crippen LogP contribution is -2.39. The minimum absolute atomic E-state index is 0.817. The van der Waals surface area contributed by atoms with Crippen LogP contribution < -0.4 is 10.6 Å². The average Bonchev–Trinajstić information content (AvgIpc) is 2.94. The van der Waals surface area contributed by atoms with Crippen molar-refractivity contribution < 1.29 is 0 Å². The minimum Gasteiger partial charge on any atom is -0.357 e. The monoisotopic (exact) mass is 362 g/mol. The van der Waals surface area contributed by atoms with Crippen LogP contribution in [0.15, 0.2) is 11.1 Å². The van der Waals surface area contributed by atoms with E-state index in [0.29, 0.717) is 0 Å². The van der Waals surface area contributed by atoms with Crippen LogP contribution in [0.25, 0.3) is 0 Å². The van der Waals surface area contributed by atoms with Gasteiger partial charge in [-0.15, -0.1) is 0 Å². The molecular weight excluding hydrogens is 324 g/mol. The molecule has 0 amide bonds. The third-order valence-electron chi connectivity index (χ3n) is 5.07. The topological polar surface area (TPSA) is 57.5 Å². The van der Waals surface area contributed by atoms with E-state index in [2.05, 4.69) is 52.2 Å². The maximum absolute atomic E-state index is 4.70. The number of hydrogen-bond acceptors (Lipinski definition) is 3. The van der Waals surface area contributed by atoms with Gasteiger partial charge in [0, 0.05) is 31.9 Å². The summed E-state index contributed by atoms with van der Waals surface area (Å²) >= 11 is 0. The van der Waals surface area contributed by atoms with Crippen molar-refractivity contribution >= 4 is 5.96 Å². The van der Waals surface area contributed by atoms with E-state index >= 15 is 0 Å². The van der Waals surface area contributed by atoms with E-state index in [1.807, 2.05) is 6.92 Å². The van der Waals surface area contributed by atoms with Crippen LogP contribution in [0, 0.1) is 19.8 Å². The van der Waals surface area contributed by atoms with Gasteiger partial charge in [0.15, 0.2) is 5.96 Å². The number of aromatic nitrogens is 2. The van der Waals surface area contributed by atoms with Gasteiger partial charge in [0.1, 0.15) is 0 Å². The Morgan fingerprint density at radius 3 is 2.62 bits per heavy atom. The van der Waals surface area contributed by atoms with Crippen LogP contribution in [0.2, 0.25) is 0 Å². The Morgan fingerprint density at radius 2 is 1.96 bits per heavy atom. The van der Waals surface area contributed by atoms with Crippen molar-refractivity contribution in [2.45, 2.75) is 59.9 Å². The molecule has 0 radical (unpaired) electrons. The highest BCUT2D eigenvalue weighted by molar-refractivity contribution is 5.79. The molecule has 6 nitrogen and oxygen atoms in total. The van der Waals surface area contributed by atoms with Gasteiger partial charge in [-0.1, -0.05) is 6.92 Å². The molecule has 0 saturated carbocycles. The largest absolute Gasteiger partial charge is 0.357 e. The summed E-state index contributed by atoms with van der Waals surface area (Å²) in [7, 11) is 0. The maximum atomic E-state index is 4.70. The van der Waals surface area contributed by atoms with Crippen molar-refractivity contribution in [1.82, 2.24) is 25.3 Å². The molecule has 1 aliphatic heterocycles. The SMILES string of the molecule is CCNC(=NCCCn1nc(C)cc1C)NCCCN1CCC(C)CC1. The van der Waals surface area contributed by atoms with E-state index in [1.54, 1.807) is 0 Å². The van der Waals surface area contributed by atoms with Crippen LogP contribution >= 0.6 is 0 Å². The van der Waals surface area contributed by atoms with Crippen molar-refractivity contribution in [3.63, 3.8) is 0 Å². The molecule has 1 aromatic rings. The fourth-order valence-corrected chi connectivity index (χ4v) is 3.45. The summed E-state index contributed by atoms with van der Waals surface area (Å²) in [6, 6.07) is 2.12.